The molecule has 0 aliphatic rings. The van der Waals surface area contributed by atoms with Gasteiger partial charge in [0.05, 0.1) is 9.21 Å². The maximum Gasteiger partial charge on any atom is 0.195 e. The highest BCUT2D eigenvalue weighted by Crippen LogP contribution is 2.22. The van der Waals surface area contributed by atoms with Crippen LogP contribution < -0.4 is 0 Å². The second kappa shape index (κ2) is 5.05. The van der Waals surface area contributed by atoms with Crippen LogP contribution >= 0.6 is 22.9 Å². The average molecular weight is 250 g/mol. The van der Waals surface area contributed by atoms with E-state index >= 15 is 0 Å². The van der Waals surface area contributed by atoms with Gasteiger partial charge < -0.3 is 0 Å². The van der Waals surface area contributed by atoms with Gasteiger partial charge in [0.2, 0.25) is 0 Å². The fourth-order valence-corrected chi connectivity index (χ4v) is 2.14. The molecule has 0 fully saturated rings. The van der Waals surface area contributed by atoms with Gasteiger partial charge in [-0.05, 0) is 35.9 Å². The minimum Gasteiger partial charge on any atom is -0.288 e. The van der Waals surface area contributed by atoms with Gasteiger partial charge >= 0.3 is 0 Å². The van der Waals surface area contributed by atoms with Crippen molar-refractivity contribution in [1.29, 1.82) is 0 Å². The molecule has 0 atom stereocenters. The summed E-state index contributed by atoms with van der Waals surface area (Å²) in [6.07, 6.45) is 6.66. The third-order valence-electron chi connectivity index (χ3n) is 1.93. The highest BCUT2D eigenvalue weighted by molar-refractivity contribution is 7.18. The van der Waals surface area contributed by atoms with Crippen molar-refractivity contribution < 1.29 is 4.79 Å². The van der Waals surface area contributed by atoms with Gasteiger partial charge in [0.15, 0.2) is 5.78 Å². The second-order valence-corrected chi connectivity index (χ2v) is 4.80. The topological polar surface area (TPSA) is 30.0 Å². The van der Waals surface area contributed by atoms with Crippen molar-refractivity contribution in [1.82, 2.24) is 4.98 Å². The number of ketones is 1. The summed E-state index contributed by atoms with van der Waals surface area (Å²) in [5, 5.41) is 0. The molecule has 2 rings (SSSR count). The first kappa shape index (κ1) is 11.0. The summed E-state index contributed by atoms with van der Waals surface area (Å²) in [7, 11) is 0. The molecular formula is C12H8ClNOS. The van der Waals surface area contributed by atoms with E-state index in [9.17, 15) is 4.79 Å². The lowest BCUT2D eigenvalue weighted by molar-refractivity contribution is 0.105. The minimum atomic E-state index is -0.0410. The zero-order chi connectivity index (χ0) is 11.4. The Labute approximate surface area is 102 Å². The molecule has 2 nitrogen and oxygen atoms in total. The van der Waals surface area contributed by atoms with E-state index in [1.807, 2.05) is 12.1 Å². The Bertz CT molecular complexity index is 519. The van der Waals surface area contributed by atoms with Crippen LogP contribution in [0.3, 0.4) is 0 Å². The molecule has 16 heavy (non-hydrogen) atoms. The highest BCUT2D eigenvalue weighted by atomic mass is 35.5. The SMILES string of the molecule is O=C(C=Cc1cccnc1)c1ccc(Cl)s1. The van der Waals surface area contributed by atoms with Crippen LogP contribution in [-0.2, 0) is 0 Å². The lowest BCUT2D eigenvalue weighted by atomic mass is 10.2. The Morgan fingerprint density at radius 2 is 2.25 bits per heavy atom. The van der Waals surface area contributed by atoms with Gasteiger partial charge in [0, 0.05) is 12.4 Å². The van der Waals surface area contributed by atoms with Gasteiger partial charge in [-0.25, -0.2) is 0 Å². The molecule has 0 spiro atoms. The Kier molecular flexibility index (Phi) is 3.49. The van der Waals surface area contributed by atoms with Crippen LogP contribution in [0.4, 0.5) is 0 Å². The Balaban J connectivity index is 2.11. The third-order valence-corrected chi connectivity index (χ3v) is 3.17. The van der Waals surface area contributed by atoms with E-state index in [1.165, 1.54) is 17.4 Å². The fourth-order valence-electron chi connectivity index (χ4n) is 1.18. The zero-order valence-electron chi connectivity index (χ0n) is 8.26. The van der Waals surface area contributed by atoms with Crippen molar-refractivity contribution >= 4 is 34.8 Å². The van der Waals surface area contributed by atoms with Crippen LogP contribution in [0.15, 0.2) is 42.7 Å². The van der Waals surface area contributed by atoms with Gasteiger partial charge in [0.1, 0.15) is 0 Å². The number of hydrogen-bond donors (Lipinski definition) is 0. The summed E-state index contributed by atoms with van der Waals surface area (Å²) in [4.78, 5) is 16.3. The number of nitrogens with zero attached hydrogens (tertiary/aromatic N) is 1. The lowest BCUT2D eigenvalue weighted by Gasteiger charge is -1.90. The van der Waals surface area contributed by atoms with Crippen molar-refractivity contribution in [2.45, 2.75) is 0 Å². The standard InChI is InChI=1S/C12H8ClNOS/c13-12-6-5-11(16-12)10(15)4-3-9-2-1-7-14-8-9/h1-8H. The molecule has 0 saturated carbocycles. The molecule has 0 aliphatic carbocycles. The average Bonchev–Trinajstić information content (AvgIpc) is 2.74. The number of carbonyl (C=O) groups excluding carboxylic acids is 1. The number of carbonyl (C=O) groups is 1. The molecule has 0 unspecified atom stereocenters. The van der Waals surface area contributed by atoms with Gasteiger partial charge in [-0.2, -0.15) is 0 Å². The van der Waals surface area contributed by atoms with Crippen molar-refractivity contribution in [3.05, 3.63) is 57.5 Å². The number of hydrogen-bond acceptors (Lipinski definition) is 3. The summed E-state index contributed by atoms with van der Waals surface area (Å²) in [5.74, 6) is -0.0410. The lowest BCUT2D eigenvalue weighted by Crippen LogP contribution is -1.88. The maximum absolute atomic E-state index is 11.7. The van der Waals surface area contributed by atoms with Gasteiger partial charge in [0.25, 0.3) is 0 Å². The molecule has 80 valence electrons. The van der Waals surface area contributed by atoms with Crippen LogP contribution in [0.25, 0.3) is 6.08 Å². The van der Waals surface area contributed by atoms with Crippen LogP contribution in [0.2, 0.25) is 4.34 Å². The molecule has 0 saturated heterocycles. The Morgan fingerprint density at radius 3 is 2.88 bits per heavy atom. The second-order valence-electron chi connectivity index (χ2n) is 3.09. The predicted octanol–water partition coefficient (Wildman–Crippen LogP) is 3.69. The number of allylic oxidation sites excluding steroid dienone is 1. The Morgan fingerprint density at radius 1 is 1.38 bits per heavy atom. The maximum atomic E-state index is 11.7. The van der Waals surface area contributed by atoms with Crippen molar-refractivity contribution in [2.75, 3.05) is 0 Å². The van der Waals surface area contributed by atoms with E-state index < -0.39 is 0 Å². The van der Waals surface area contributed by atoms with E-state index in [-0.39, 0.29) is 5.78 Å². The first-order valence-corrected chi connectivity index (χ1v) is 5.83. The largest absolute Gasteiger partial charge is 0.288 e. The van der Waals surface area contributed by atoms with Crippen molar-refractivity contribution in [2.24, 2.45) is 0 Å². The number of halogens is 1. The van der Waals surface area contributed by atoms with E-state index in [1.54, 1.807) is 30.6 Å². The first-order chi connectivity index (χ1) is 7.75. The predicted molar refractivity (Wildman–Crippen MR) is 66.9 cm³/mol. The van der Waals surface area contributed by atoms with Crippen LogP contribution in [0, 0.1) is 0 Å². The number of thiophene rings is 1. The normalized spacial score (nSPS) is 10.8. The zero-order valence-corrected chi connectivity index (χ0v) is 9.83. The molecule has 0 aliphatic heterocycles. The van der Waals surface area contributed by atoms with Crippen LogP contribution in [0.1, 0.15) is 15.2 Å². The molecule has 4 heteroatoms. The van der Waals surface area contributed by atoms with Crippen molar-refractivity contribution in [3.8, 4) is 0 Å². The van der Waals surface area contributed by atoms with E-state index in [0.29, 0.717) is 9.21 Å². The van der Waals surface area contributed by atoms with Gasteiger partial charge in [-0.1, -0.05) is 17.7 Å². The number of pyridine rings is 1. The summed E-state index contributed by atoms with van der Waals surface area (Å²) in [5.41, 5.74) is 0.901. The van der Waals surface area contributed by atoms with Gasteiger partial charge in [-0.15, -0.1) is 11.3 Å². The quantitative estimate of drug-likeness (QED) is 0.613. The summed E-state index contributed by atoms with van der Waals surface area (Å²) in [6, 6.07) is 7.16. The highest BCUT2D eigenvalue weighted by Gasteiger charge is 2.04. The smallest absolute Gasteiger partial charge is 0.195 e. The fraction of sp³-hybridized carbons (Fsp3) is 0. The van der Waals surface area contributed by atoms with E-state index in [4.69, 9.17) is 11.6 Å². The summed E-state index contributed by atoms with van der Waals surface area (Å²) in [6.45, 7) is 0. The van der Waals surface area contributed by atoms with E-state index in [2.05, 4.69) is 4.98 Å². The monoisotopic (exact) mass is 249 g/mol. The molecule has 2 aromatic rings. The molecule has 0 amide bonds. The van der Waals surface area contributed by atoms with Crippen molar-refractivity contribution in [3.63, 3.8) is 0 Å². The molecule has 0 bridgehead atoms. The Hall–Kier alpha value is -1.45. The number of rotatable bonds is 3. The summed E-state index contributed by atoms with van der Waals surface area (Å²) >= 11 is 7.03. The minimum absolute atomic E-state index is 0.0410. The van der Waals surface area contributed by atoms with E-state index in [0.717, 1.165) is 5.56 Å². The van der Waals surface area contributed by atoms with Crippen LogP contribution in [0.5, 0.6) is 0 Å². The first-order valence-electron chi connectivity index (χ1n) is 4.63. The molecule has 2 heterocycles. The molecule has 0 N–H and O–H groups in total. The third kappa shape index (κ3) is 2.78. The number of aromatic nitrogens is 1. The summed E-state index contributed by atoms with van der Waals surface area (Å²) < 4.78 is 0.623. The molecule has 0 radical (unpaired) electrons. The molecule has 0 aromatic carbocycles. The molecule has 2 aromatic heterocycles. The van der Waals surface area contributed by atoms with Gasteiger partial charge in [-0.3, -0.25) is 9.78 Å². The molecular weight excluding hydrogens is 242 g/mol. The van der Waals surface area contributed by atoms with Crippen LogP contribution in [-0.4, -0.2) is 10.8 Å².